The molecule has 1 heterocycles. The molecule has 1 aliphatic rings. The van der Waals surface area contributed by atoms with E-state index in [0.29, 0.717) is 43.2 Å². The Morgan fingerprint density at radius 1 is 1.04 bits per heavy atom. The molecule has 3 rings (SSSR count). The first-order valence-corrected chi connectivity index (χ1v) is 8.63. The Morgan fingerprint density at radius 2 is 1.65 bits per heavy atom. The van der Waals surface area contributed by atoms with Crippen molar-refractivity contribution in [2.75, 3.05) is 45.3 Å². The van der Waals surface area contributed by atoms with Crippen LogP contribution in [0.15, 0.2) is 36.4 Å². The highest BCUT2D eigenvalue weighted by atomic mass is 35.5. The largest absolute Gasteiger partial charge is 0.496 e. The van der Waals surface area contributed by atoms with Crippen molar-refractivity contribution >= 4 is 23.2 Å². The zero-order valence-corrected chi connectivity index (χ0v) is 15.4. The van der Waals surface area contributed by atoms with Crippen LogP contribution >= 0.6 is 11.6 Å². The summed E-state index contributed by atoms with van der Waals surface area (Å²) in [6.45, 7) is 2.33. The van der Waals surface area contributed by atoms with Gasteiger partial charge in [-0.1, -0.05) is 17.7 Å². The number of carbonyl (C=O) groups is 1. The molecule has 2 aromatic carbocycles. The van der Waals surface area contributed by atoms with Gasteiger partial charge in [0.1, 0.15) is 22.9 Å². The van der Waals surface area contributed by atoms with Crippen molar-refractivity contribution in [3.05, 3.63) is 52.8 Å². The number of methoxy groups -OCH3 is 2. The van der Waals surface area contributed by atoms with Crippen molar-refractivity contribution in [3.63, 3.8) is 0 Å². The molecule has 0 N–H and O–H groups in total. The maximum absolute atomic E-state index is 13.3. The van der Waals surface area contributed by atoms with Crippen molar-refractivity contribution < 1.29 is 18.7 Å². The maximum Gasteiger partial charge on any atom is 0.261 e. The number of nitrogens with zero attached hydrogens (tertiary/aromatic N) is 2. The van der Waals surface area contributed by atoms with Gasteiger partial charge in [0.2, 0.25) is 0 Å². The van der Waals surface area contributed by atoms with Crippen LogP contribution in [0.1, 0.15) is 10.4 Å². The van der Waals surface area contributed by atoms with E-state index >= 15 is 0 Å². The monoisotopic (exact) mass is 378 g/mol. The van der Waals surface area contributed by atoms with Crippen LogP contribution in [0.2, 0.25) is 5.02 Å². The smallest absolute Gasteiger partial charge is 0.261 e. The number of anilines is 1. The minimum absolute atomic E-state index is 0.0970. The van der Waals surface area contributed by atoms with Gasteiger partial charge in [0.15, 0.2) is 0 Å². The average molecular weight is 379 g/mol. The number of hydrogen-bond acceptors (Lipinski definition) is 4. The molecule has 0 aliphatic carbocycles. The van der Waals surface area contributed by atoms with Crippen LogP contribution in [0.3, 0.4) is 0 Å². The van der Waals surface area contributed by atoms with Gasteiger partial charge in [-0.3, -0.25) is 4.79 Å². The quantitative estimate of drug-likeness (QED) is 0.817. The van der Waals surface area contributed by atoms with Crippen LogP contribution in [0, 0.1) is 5.82 Å². The molecule has 5 nitrogen and oxygen atoms in total. The lowest BCUT2D eigenvalue weighted by molar-refractivity contribution is 0.0740. The molecule has 0 saturated carbocycles. The highest BCUT2D eigenvalue weighted by molar-refractivity contribution is 6.31. The summed E-state index contributed by atoms with van der Waals surface area (Å²) in [4.78, 5) is 16.8. The zero-order valence-electron chi connectivity index (χ0n) is 14.7. The van der Waals surface area contributed by atoms with Crippen LogP contribution in [0.4, 0.5) is 10.1 Å². The lowest BCUT2D eigenvalue weighted by Crippen LogP contribution is -2.49. The Kier molecular flexibility index (Phi) is 5.52. The van der Waals surface area contributed by atoms with Crippen LogP contribution in [-0.4, -0.2) is 51.2 Å². The molecule has 1 saturated heterocycles. The fourth-order valence-electron chi connectivity index (χ4n) is 3.07. The minimum Gasteiger partial charge on any atom is -0.496 e. The fraction of sp³-hybridized carbons (Fsp3) is 0.316. The minimum atomic E-state index is -0.438. The topological polar surface area (TPSA) is 42.0 Å². The van der Waals surface area contributed by atoms with Crippen molar-refractivity contribution in [1.82, 2.24) is 4.90 Å². The second-order valence-corrected chi connectivity index (χ2v) is 6.32. The highest BCUT2D eigenvalue weighted by Crippen LogP contribution is 2.30. The molecule has 7 heteroatoms. The highest BCUT2D eigenvalue weighted by Gasteiger charge is 2.27. The summed E-state index contributed by atoms with van der Waals surface area (Å²) in [6.07, 6.45) is 0. The van der Waals surface area contributed by atoms with Gasteiger partial charge in [0, 0.05) is 31.9 Å². The van der Waals surface area contributed by atoms with Gasteiger partial charge in [0.05, 0.1) is 19.2 Å². The first kappa shape index (κ1) is 18.3. The van der Waals surface area contributed by atoms with Crippen molar-refractivity contribution in [2.45, 2.75) is 0 Å². The summed E-state index contributed by atoms with van der Waals surface area (Å²) in [5.74, 6) is 0.410. The number of ether oxygens (including phenoxy) is 2. The number of carbonyl (C=O) groups excluding carboxylic acids is 1. The van der Waals surface area contributed by atoms with Gasteiger partial charge in [-0.05, 0) is 30.3 Å². The molecule has 0 unspecified atom stereocenters. The summed E-state index contributed by atoms with van der Waals surface area (Å²) in [5.41, 5.74) is 1.27. The maximum atomic E-state index is 13.3. The van der Waals surface area contributed by atoms with Gasteiger partial charge in [-0.2, -0.15) is 0 Å². The Morgan fingerprint density at radius 3 is 2.19 bits per heavy atom. The Labute approximate surface area is 156 Å². The van der Waals surface area contributed by atoms with Gasteiger partial charge in [-0.15, -0.1) is 0 Å². The number of piperazine rings is 1. The third kappa shape index (κ3) is 3.55. The molecule has 138 valence electrons. The van der Waals surface area contributed by atoms with E-state index in [2.05, 4.69) is 4.90 Å². The lowest BCUT2D eigenvalue weighted by Gasteiger charge is -2.36. The van der Waals surface area contributed by atoms with Gasteiger partial charge >= 0.3 is 0 Å². The molecule has 0 aromatic heterocycles. The molecule has 2 aromatic rings. The van der Waals surface area contributed by atoms with E-state index in [1.165, 1.54) is 20.3 Å². The van der Waals surface area contributed by atoms with Crippen molar-refractivity contribution in [3.8, 4) is 11.5 Å². The first-order chi connectivity index (χ1) is 12.5. The summed E-state index contributed by atoms with van der Waals surface area (Å²) in [7, 11) is 3.06. The molecule has 26 heavy (non-hydrogen) atoms. The molecule has 0 spiro atoms. The fourth-order valence-corrected chi connectivity index (χ4v) is 3.24. The van der Waals surface area contributed by atoms with Crippen LogP contribution < -0.4 is 14.4 Å². The molecular weight excluding hydrogens is 359 g/mol. The van der Waals surface area contributed by atoms with Crippen molar-refractivity contribution in [2.24, 2.45) is 0 Å². The van der Waals surface area contributed by atoms with Gasteiger partial charge in [0.25, 0.3) is 5.91 Å². The number of halogens is 2. The normalized spacial score (nSPS) is 14.3. The Bertz CT molecular complexity index is 785. The van der Waals surface area contributed by atoms with E-state index in [1.807, 2.05) is 0 Å². The third-order valence-electron chi connectivity index (χ3n) is 4.48. The summed E-state index contributed by atoms with van der Waals surface area (Å²) < 4.78 is 24.0. The van der Waals surface area contributed by atoms with E-state index in [9.17, 15) is 9.18 Å². The van der Waals surface area contributed by atoms with Gasteiger partial charge in [-0.25, -0.2) is 4.39 Å². The van der Waals surface area contributed by atoms with Crippen LogP contribution in [-0.2, 0) is 0 Å². The summed E-state index contributed by atoms with van der Waals surface area (Å²) in [6, 6.07) is 9.93. The Hall–Kier alpha value is -2.47. The number of amides is 1. The average Bonchev–Trinajstić information content (AvgIpc) is 2.69. The van der Waals surface area contributed by atoms with E-state index in [0.717, 1.165) is 5.69 Å². The molecule has 1 aliphatic heterocycles. The molecule has 0 radical (unpaired) electrons. The van der Waals surface area contributed by atoms with Crippen molar-refractivity contribution in [1.29, 1.82) is 0 Å². The standard InChI is InChI=1S/C19H20ClFN2O3/c1-25-16-4-3-5-17(26-2)18(16)19(24)23-10-8-22(9-11-23)13-6-7-15(21)14(20)12-13/h3-7,12H,8-11H2,1-2H3. The summed E-state index contributed by atoms with van der Waals surface area (Å²) in [5, 5.41) is 0.0970. The summed E-state index contributed by atoms with van der Waals surface area (Å²) >= 11 is 5.86. The Balaban J connectivity index is 1.74. The zero-order chi connectivity index (χ0) is 18.7. The second kappa shape index (κ2) is 7.83. The molecule has 1 fully saturated rings. The van der Waals surface area contributed by atoms with Crippen LogP contribution in [0.25, 0.3) is 0 Å². The van der Waals surface area contributed by atoms with E-state index in [1.54, 1.807) is 35.2 Å². The van der Waals surface area contributed by atoms with E-state index in [4.69, 9.17) is 21.1 Å². The molecule has 0 atom stereocenters. The third-order valence-corrected chi connectivity index (χ3v) is 4.77. The predicted octanol–water partition coefficient (Wildman–Crippen LogP) is 3.46. The molecule has 1 amide bonds. The SMILES string of the molecule is COc1cccc(OC)c1C(=O)N1CCN(c2ccc(F)c(Cl)c2)CC1. The van der Waals surface area contributed by atoms with E-state index in [-0.39, 0.29) is 10.9 Å². The number of hydrogen-bond donors (Lipinski definition) is 0. The second-order valence-electron chi connectivity index (χ2n) is 5.92. The van der Waals surface area contributed by atoms with E-state index < -0.39 is 5.82 Å². The molecule has 0 bridgehead atoms. The lowest BCUT2D eigenvalue weighted by atomic mass is 10.1. The molecular formula is C19H20ClFN2O3. The first-order valence-electron chi connectivity index (χ1n) is 8.25. The van der Waals surface area contributed by atoms with Gasteiger partial charge < -0.3 is 19.3 Å². The predicted molar refractivity (Wildman–Crippen MR) is 99.1 cm³/mol. The number of rotatable bonds is 4. The van der Waals surface area contributed by atoms with Crippen LogP contribution in [0.5, 0.6) is 11.5 Å². The number of benzene rings is 2.